The van der Waals surface area contributed by atoms with Gasteiger partial charge in [0, 0.05) is 11.3 Å². The molecular formula is C11H9NO2. The van der Waals surface area contributed by atoms with Crippen molar-refractivity contribution in [1.29, 1.82) is 0 Å². The highest BCUT2D eigenvalue weighted by atomic mass is 16.5. The molecule has 70 valence electrons. The molecule has 1 aliphatic carbocycles. The molecule has 2 aromatic rings. The van der Waals surface area contributed by atoms with Crippen molar-refractivity contribution < 1.29 is 9.32 Å². The van der Waals surface area contributed by atoms with Crippen molar-refractivity contribution in [3.8, 4) is 0 Å². The number of aldehydes is 1. The van der Waals surface area contributed by atoms with Gasteiger partial charge in [-0.15, -0.1) is 0 Å². The summed E-state index contributed by atoms with van der Waals surface area (Å²) >= 11 is 0. The maximum Gasteiger partial charge on any atom is 0.177 e. The minimum absolute atomic E-state index is 0.554. The molecule has 0 bridgehead atoms. The molecule has 3 nitrogen and oxygen atoms in total. The molecule has 0 unspecified atom stereocenters. The van der Waals surface area contributed by atoms with Crippen LogP contribution in [-0.4, -0.2) is 11.4 Å². The Balaban J connectivity index is 2.30. The van der Waals surface area contributed by atoms with Crippen molar-refractivity contribution in [2.75, 3.05) is 0 Å². The van der Waals surface area contributed by atoms with Gasteiger partial charge >= 0.3 is 0 Å². The maximum absolute atomic E-state index is 10.7. The fourth-order valence-electron chi connectivity index (χ4n) is 1.75. The smallest absolute Gasteiger partial charge is 0.177 e. The molecule has 1 aromatic carbocycles. The Morgan fingerprint density at radius 1 is 1.43 bits per heavy atom. The van der Waals surface area contributed by atoms with Gasteiger partial charge in [0.25, 0.3) is 0 Å². The molecule has 0 atom stereocenters. The van der Waals surface area contributed by atoms with Crippen molar-refractivity contribution in [3.05, 3.63) is 29.5 Å². The van der Waals surface area contributed by atoms with Crippen LogP contribution in [0.15, 0.2) is 22.7 Å². The fourth-order valence-corrected chi connectivity index (χ4v) is 1.75. The molecule has 1 aliphatic rings. The molecule has 0 aliphatic heterocycles. The molecule has 0 N–H and O–H groups in total. The number of aromatic nitrogens is 1. The maximum atomic E-state index is 10.7. The van der Waals surface area contributed by atoms with Crippen molar-refractivity contribution in [2.24, 2.45) is 0 Å². The molecular weight excluding hydrogens is 178 g/mol. The summed E-state index contributed by atoms with van der Waals surface area (Å²) < 4.78 is 5.19. The summed E-state index contributed by atoms with van der Waals surface area (Å²) in [6.45, 7) is 0. The largest absolute Gasteiger partial charge is 0.355 e. The third-order valence-corrected chi connectivity index (χ3v) is 2.65. The van der Waals surface area contributed by atoms with Gasteiger partial charge in [-0.2, -0.15) is 0 Å². The van der Waals surface area contributed by atoms with Gasteiger partial charge in [0.2, 0.25) is 0 Å². The topological polar surface area (TPSA) is 43.1 Å². The molecule has 1 heterocycles. The summed E-state index contributed by atoms with van der Waals surface area (Å²) in [5.74, 6) is 0.554. The highest BCUT2D eigenvalue weighted by molar-refractivity contribution is 5.95. The molecule has 0 amide bonds. The minimum atomic E-state index is 0.554. The van der Waals surface area contributed by atoms with E-state index in [1.165, 1.54) is 12.8 Å². The first-order valence-electron chi connectivity index (χ1n) is 4.73. The zero-order valence-electron chi connectivity index (χ0n) is 7.56. The molecule has 0 spiro atoms. The monoisotopic (exact) mass is 187 g/mol. The molecule has 1 saturated carbocycles. The number of nitrogens with zero attached hydrogens (tertiary/aromatic N) is 1. The van der Waals surface area contributed by atoms with Gasteiger partial charge in [-0.3, -0.25) is 4.79 Å². The summed E-state index contributed by atoms with van der Waals surface area (Å²) in [6.07, 6.45) is 3.18. The molecule has 3 rings (SSSR count). The van der Waals surface area contributed by atoms with Crippen LogP contribution in [0.1, 0.15) is 34.8 Å². The molecule has 0 saturated heterocycles. The molecule has 0 radical (unpaired) electrons. The number of fused-ring (bicyclic) bond motifs is 1. The predicted octanol–water partition coefficient (Wildman–Crippen LogP) is 2.52. The average Bonchev–Trinajstić information content (AvgIpc) is 2.97. The number of hydrogen-bond acceptors (Lipinski definition) is 3. The van der Waals surface area contributed by atoms with Crippen molar-refractivity contribution >= 4 is 17.3 Å². The van der Waals surface area contributed by atoms with Gasteiger partial charge in [0.15, 0.2) is 11.9 Å². The van der Waals surface area contributed by atoms with Crippen LogP contribution in [0.4, 0.5) is 0 Å². The second kappa shape index (κ2) is 2.67. The van der Waals surface area contributed by atoms with Gasteiger partial charge in [-0.25, -0.2) is 0 Å². The Bertz CT molecular complexity index is 497. The van der Waals surface area contributed by atoms with Gasteiger partial charge in [0.05, 0.1) is 11.3 Å². The van der Waals surface area contributed by atoms with Crippen molar-refractivity contribution in [1.82, 2.24) is 5.16 Å². The van der Waals surface area contributed by atoms with Crippen molar-refractivity contribution in [2.45, 2.75) is 18.8 Å². The first-order valence-corrected chi connectivity index (χ1v) is 4.73. The SMILES string of the molecule is O=Cc1cccc2c(C3CC3)noc12. The van der Waals surface area contributed by atoms with E-state index in [-0.39, 0.29) is 0 Å². The van der Waals surface area contributed by atoms with E-state index in [4.69, 9.17) is 4.52 Å². The third kappa shape index (κ3) is 0.985. The van der Waals surface area contributed by atoms with Crippen LogP contribution in [-0.2, 0) is 0 Å². The number of para-hydroxylation sites is 1. The summed E-state index contributed by atoms with van der Waals surface area (Å²) in [4.78, 5) is 10.7. The van der Waals surface area contributed by atoms with Crippen LogP contribution >= 0.6 is 0 Å². The Hall–Kier alpha value is -1.64. The number of carbonyl (C=O) groups is 1. The third-order valence-electron chi connectivity index (χ3n) is 2.65. The van der Waals surface area contributed by atoms with E-state index in [2.05, 4.69) is 5.16 Å². The first-order chi connectivity index (χ1) is 6.90. The predicted molar refractivity (Wildman–Crippen MR) is 51.4 cm³/mol. The van der Waals surface area contributed by atoms with Crippen LogP contribution in [0.25, 0.3) is 11.0 Å². The molecule has 1 fully saturated rings. The lowest BCUT2D eigenvalue weighted by Crippen LogP contribution is -1.81. The number of hydrogen-bond donors (Lipinski definition) is 0. The minimum Gasteiger partial charge on any atom is -0.355 e. The Morgan fingerprint density at radius 2 is 2.29 bits per heavy atom. The van der Waals surface area contributed by atoms with Gasteiger partial charge in [-0.1, -0.05) is 11.2 Å². The van der Waals surface area contributed by atoms with Crippen LogP contribution in [0.2, 0.25) is 0 Å². The number of benzene rings is 1. The molecule has 1 aromatic heterocycles. The number of rotatable bonds is 2. The van der Waals surface area contributed by atoms with Gasteiger partial charge in [0.1, 0.15) is 0 Å². The van der Waals surface area contributed by atoms with E-state index in [1.807, 2.05) is 12.1 Å². The zero-order chi connectivity index (χ0) is 9.54. The van der Waals surface area contributed by atoms with Crippen LogP contribution in [0.5, 0.6) is 0 Å². The van der Waals surface area contributed by atoms with Crippen LogP contribution in [0.3, 0.4) is 0 Å². The summed E-state index contributed by atoms with van der Waals surface area (Å²) in [5, 5.41) is 5.03. The van der Waals surface area contributed by atoms with Crippen LogP contribution < -0.4 is 0 Å². The van der Waals surface area contributed by atoms with E-state index in [0.29, 0.717) is 17.1 Å². The average molecular weight is 187 g/mol. The fraction of sp³-hybridized carbons (Fsp3) is 0.273. The zero-order valence-corrected chi connectivity index (χ0v) is 7.56. The normalized spacial score (nSPS) is 16.0. The summed E-state index contributed by atoms with van der Waals surface area (Å²) in [7, 11) is 0. The van der Waals surface area contributed by atoms with E-state index in [1.54, 1.807) is 6.07 Å². The lowest BCUT2D eigenvalue weighted by Gasteiger charge is -1.91. The summed E-state index contributed by atoms with van der Waals surface area (Å²) in [5.41, 5.74) is 2.23. The summed E-state index contributed by atoms with van der Waals surface area (Å²) in [6, 6.07) is 5.58. The second-order valence-corrected chi connectivity index (χ2v) is 3.68. The van der Waals surface area contributed by atoms with E-state index < -0.39 is 0 Å². The van der Waals surface area contributed by atoms with Gasteiger partial charge in [-0.05, 0) is 25.0 Å². The first kappa shape index (κ1) is 7.74. The standard InChI is InChI=1S/C11H9NO2/c13-6-8-2-1-3-9-10(7-4-5-7)12-14-11(8)9/h1-3,6-7H,4-5H2. The Kier molecular flexibility index (Phi) is 1.48. The van der Waals surface area contributed by atoms with E-state index in [9.17, 15) is 4.79 Å². The highest BCUT2D eigenvalue weighted by Gasteiger charge is 2.29. The Labute approximate surface area is 80.7 Å². The second-order valence-electron chi connectivity index (χ2n) is 3.68. The van der Waals surface area contributed by atoms with Crippen LogP contribution in [0, 0.1) is 0 Å². The highest BCUT2D eigenvalue weighted by Crippen LogP contribution is 2.42. The van der Waals surface area contributed by atoms with E-state index >= 15 is 0 Å². The number of carbonyl (C=O) groups excluding carboxylic acids is 1. The quantitative estimate of drug-likeness (QED) is 0.678. The Morgan fingerprint density at radius 3 is 3.00 bits per heavy atom. The lowest BCUT2D eigenvalue weighted by atomic mass is 10.1. The van der Waals surface area contributed by atoms with Gasteiger partial charge < -0.3 is 4.52 Å². The molecule has 14 heavy (non-hydrogen) atoms. The molecule has 3 heteroatoms. The lowest BCUT2D eigenvalue weighted by molar-refractivity contribution is 0.112. The van der Waals surface area contributed by atoms with Crippen molar-refractivity contribution in [3.63, 3.8) is 0 Å². The van der Waals surface area contributed by atoms with E-state index in [0.717, 1.165) is 17.4 Å².